The predicted molar refractivity (Wildman–Crippen MR) is 42.8 cm³/mol. The molecule has 1 aromatic rings. The molecule has 0 aliphatic heterocycles. The standard InChI is InChI=1S/C8H8FNO4/c9-5-2-1-4(3-10-5)6(11)7(12)8(13)14/h1-3,6-7,11-12H,(H,13,14). The van der Waals surface area contributed by atoms with Crippen LogP contribution in [0.2, 0.25) is 0 Å². The number of aliphatic carboxylic acids is 1. The molecular formula is C8H8FNO4. The quantitative estimate of drug-likeness (QED) is 0.584. The molecule has 3 N–H and O–H groups in total. The van der Waals surface area contributed by atoms with Gasteiger partial charge in [-0.05, 0) is 6.07 Å². The topological polar surface area (TPSA) is 90.7 Å². The van der Waals surface area contributed by atoms with Crippen molar-refractivity contribution in [3.8, 4) is 0 Å². The zero-order valence-electron chi connectivity index (χ0n) is 6.96. The maximum Gasteiger partial charge on any atom is 0.335 e. The Labute approximate surface area is 78.5 Å². The minimum Gasteiger partial charge on any atom is -0.479 e. The Hall–Kier alpha value is -1.53. The summed E-state index contributed by atoms with van der Waals surface area (Å²) in [6, 6.07) is 2.12. The maximum absolute atomic E-state index is 12.3. The summed E-state index contributed by atoms with van der Waals surface area (Å²) in [5.74, 6) is -2.30. The van der Waals surface area contributed by atoms with Gasteiger partial charge in [0.1, 0.15) is 6.10 Å². The Kier molecular flexibility index (Phi) is 3.10. The number of halogens is 1. The van der Waals surface area contributed by atoms with Gasteiger partial charge in [0.2, 0.25) is 5.95 Å². The van der Waals surface area contributed by atoms with Gasteiger partial charge in [-0.25, -0.2) is 9.78 Å². The Balaban J connectivity index is 2.84. The Morgan fingerprint density at radius 1 is 1.43 bits per heavy atom. The molecule has 1 heterocycles. The van der Waals surface area contributed by atoms with Crippen LogP contribution in [0.5, 0.6) is 0 Å². The first-order valence-electron chi connectivity index (χ1n) is 3.72. The maximum atomic E-state index is 12.3. The molecule has 0 bridgehead atoms. The molecule has 0 fully saturated rings. The van der Waals surface area contributed by atoms with E-state index in [1.807, 2.05) is 0 Å². The molecule has 0 amide bonds. The molecule has 76 valence electrons. The first kappa shape index (κ1) is 10.6. The van der Waals surface area contributed by atoms with E-state index in [2.05, 4.69) is 4.98 Å². The Morgan fingerprint density at radius 2 is 2.07 bits per heavy atom. The van der Waals surface area contributed by atoms with Crippen molar-refractivity contribution >= 4 is 5.97 Å². The van der Waals surface area contributed by atoms with E-state index in [4.69, 9.17) is 10.2 Å². The van der Waals surface area contributed by atoms with E-state index in [0.29, 0.717) is 0 Å². The van der Waals surface area contributed by atoms with Gasteiger partial charge in [-0.3, -0.25) is 0 Å². The molecule has 0 saturated heterocycles. The molecule has 1 rings (SSSR count). The highest BCUT2D eigenvalue weighted by Gasteiger charge is 2.25. The SMILES string of the molecule is O=C(O)C(O)C(O)c1ccc(F)nc1. The van der Waals surface area contributed by atoms with E-state index >= 15 is 0 Å². The third-order valence-electron chi connectivity index (χ3n) is 1.64. The van der Waals surface area contributed by atoms with Crippen LogP contribution in [-0.4, -0.2) is 32.4 Å². The van der Waals surface area contributed by atoms with Crippen molar-refractivity contribution in [3.05, 3.63) is 29.8 Å². The van der Waals surface area contributed by atoms with E-state index in [1.165, 1.54) is 0 Å². The molecule has 0 aliphatic carbocycles. The van der Waals surface area contributed by atoms with Crippen molar-refractivity contribution in [2.24, 2.45) is 0 Å². The monoisotopic (exact) mass is 201 g/mol. The summed E-state index contributed by atoms with van der Waals surface area (Å²) >= 11 is 0. The van der Waals surface area contributed by atoms with Gasteiger partial charge in [0.05, 0.1) is 0 Å². The van der Waals surface area contributed by atoms with E-state index in [9.17, 15) is 14.3 Å². The number of hydrogen-bond donors (Lipinski definition) is 3. The minimum absolute atomic E-state index is 0.0429. The summed E-state index contributed by atoms with van der Waals surface area (Å²) in [6.45, 7) is 0. The molecular weight excluding hydrogens is 193 g/mol. The molecule has 0 saturated carbocycles. The normalized spacial score (nSPS) is 14.8. The van der Waals surface area contributed by atoms with Crippen molar-refractivity contribution in [1.29, 1.82) is 0 Å². The zero-order valence-corrected chi connectivity index (χ0v) is 6.96. The lowest BCUT2D eigenvalue weighted by atomic mass is 10.1. The van der Waals surface area contributed by atoms with Crippen LogP contribution in [-0.2, 0) is 4.79 Å². The number of aliphatic hydroxyl groups excluding tert-OH is 2. The summed E-state index contributed by atoms with van der Waals surface area (Å²) < 4.78 is 12.3. The number of nitrogens with zero attached hydrogens (tertiary/aromatic N) is 1. The van der Waals surface area contributed by atoms with Crippen LogP contribution < -0.4 is 0 Å². The number of carbonyl (C=O) groups is 1. The molecule has 2 atom stereocenters. The van der Waals surface area contributed by atoms with Crippen LogP contribution in [0.1, 0.15) is 11.7 Å². The lowest BCUT2D eigenvalue weighted by molar-refractivity contribution is -0.153. The fourth-order valence-corrected chi connectivity index (χ4v) is 0.880. The highest BCUT2D eigenvalue weighted by Crippen LogP contribution is 2.15. The number of carboxylic acid groups (broad SMARTS) is 1. The average Bonchev–Trinajstić information content (AvgIpc) is 2.16. The van der Waals surface area contributed by atoms with Crippen LogP contribution >= 0.6 is 0 Å². The van der Waals surface area contributed by atoms with Crippen molar-refractivity contribution in [3.63, 3.8) is 0 Å². The van der Waals surface area contributed by atoms with Crippen LogP contribution in [0.3, 0.4) is 0 Å². The third-order valence-corrected chi connectivity index (χ3v) is 1.64. The van der Waals surface area contributed by atoms with Crippen molar-refractivity contribution in [1.82, 2.24) is 4.98 Å². The highest BCUT2D eigenvalue weighted by atomic mass is 19.1. The van der Waals surface area contributed by atoms with Crippen molar-refractivity contribution in [2.45, 2.75) is 12.2 Å². The van der Waals surface area contributed by atoms with E-state index in [0.717, 1.165) is 18.3 Å². The number of hydrogen-bond acceptors (Lipinski definition) is 4. The van der Waals surface area contributed by atoms with Gasteiger partial charge in [-0.2, -0.15) is 4.39 Å². The Morgan fingerprint density at radius 3 is 2.50 bits per heavy atom. The van der Waals surface area contributed by atoms with Crippen LogP contribution in [0.25, 0.3) is 0 Å². The van der Waals surface area contributed by atoms with Gasteiger partial charge in [-0.15, -0.1) is 0 Å². The van der Waals surface area contributed by atoms with E-state index in [1.54, 1.807) is 0 Å². The number of aliphatic hydroxyl groups is 2. The second kappa shape index (κ2) is 4.12. The van der Waals surface area contributed by atoms with E-state index in [-0.39, 0.29) is 5.56 Å². The summed E-state index contributed by atoms with van der Waals surface area (Å²) in [4.78, 5) is 13.5. The van der Waals surface area contributed by atoms with Crippen molar-refractivity contribution < 1.29 is 24.5 Å². The first-order chi connectivity index (χ1) is 6.52. The van der Waals surface area contributed by atoms with Gasteiger partial charge >= 0.3 is 5.97 Å². The second-order valence-corrected chi connectivity index (χ2v) is 2.64. The van der Waals surface area contributed by atoms with Crippen molar-refractivity contribution in [2.75, 3.05) is 0 Å². The molecule has 0 aliphatic rings. The third kappa shape index (κ3) is 2.24. The largest absolute Gasteiger partial charge is 0.479 e. The summed E-state index contributed by atoms with van der Waals surface area (Å²) in [7, 11) is 0. The molecule has 0 spiro atoms. The van der Waals surface area contributed by atoms with Gasteiger partial charge in [0.25, 0.3) is 0 Å². The average molecular weight is 201 g/mol. The molecule has 5 nitrogen and oxygen atoms in total. The molecule has 6 heteroatoms. The molecule has 0 radical (unpaired) electrons. The fraction of sp³-hybridized carbons (Fsp3) is 0.250. The predicted octanol–water partition coefficient (Wildman–Crippen LogP) is -0.300. The van der Waals surface area contributed by atoms with Gasteiger partial charge in [-0.1, -0.05) is 6.07 Å². The van der Waals surface area contributed by atoms with Crippen LogP contribution in [0, 0.1) is 5.95 Å². The summed E-state index contributed by atoms with van der Waals surface area (Å²) in [6.07, 6.45) is -2.59. The number of pyridine rings is 1. The molecule has 0 aromatic carbocycles. The summed E-state index contributed by atoms with van der Waals surface area (Å²) in [5, 5.41) is 26.6. The zero-order chi connectivity index (χ0) is 10.7. The first-order valence-corrected chi connectivity index (χ1v) is 3.72. The Bertz CT molecular complexity index is 327. The lowest BCUT2D eigenvalue weighted by Gasteiger charge is -2.13. The van der Waals surface area contributed by atoms with Crippen LogP contribution in [0.15, 0.2) is 18.3 Å². The van der Waals surface area contributed by atoms with Gasteiger partial charge in [0, 0.05) is 11.8 Å². The number of carboxylic acids is 1. The molecule has 1 aromatic heterocycles. The fourth-order valence-electron chi connectivity index (χ4n) is 0.880. The smallest absolute Gasteiger partial charge is 0.335 e. The van der Waals surface area contributed by atoms with Gasteiger partial charge in [0.15, 0.2) is 6.10 Å². The highest BCUT2D eigenvalue weighted by molar-refractivity contribution is 5.73. The van der Waals surface area contributed by atoms with Crippen LogP contribution in [0.4, 0.5) is 4.39 Å². The molecule has 14 heavy (non-hydrogen) atoms. The number of rotatable bonds is 3. The minimum atomic E-state index is -1.94. The lowest BCUT2D eigenvalue weighted by Crippen LogP contribution is -2.27. The van der Waals surface area contributed by atoms with E-state index < -0.39 is 24.1 Å². The second-order valence-electron chi connectivity index (χ2n) is 2.64. The summed E-state index contributed by atoms with van der Waals surface area (Å²) in [5.41, 5.74) is 0.0429. The molecule has 2 unspecified atom stereocenters. The van der Waals surface area contributed by atoms with Gasteiger partial charge < -0.3 is 15.3 Å². The number of aromatic nitrogens is 1.